The molecule has 0 saturated carbocycles. The molecule has 2 amide bonds. The molecule has 8 nitrogen and oxygen atoms in total. The van der Waals surface area contributed by atoms with Crippen LogP contribution >= 0.6 is 0 Å². The van der Waals surface area contributed by atoms with Gasteiger partial charge in [-0.1, -0.05) is 45.4 Å². The summed E-state index contributed by atoms with van der Waals surface area (Å²) >= 11 is 0. The van der Waals surface area contributed by atoms with Gasteiger partial charge in [0.15, 0.2) is 0 Å². The van der Waals surface area contributed by atoms with Crippen LogP contribution < -0.4 is 21.1 Å². The molecule has 0 aliphatic carbocycles. The molecule has 0 radical (unpaired) electrons. The number of hydrogen-bond acceptors (Lipinski definition) is 6. The Morgan fingerprint density at radius 3 is 2.29 bits per heavy atom. The zero-order valence-electron chi connectivity index (χ0n) is 25.7. The summed E-state index contributed by atoms with van der Waals surface area (Å²) in [5, 5.41) is 17.0. The molecule has 10 heteroatoms. The van der Waals surface area contributed by atoms with Crippen LogP contribution in [0.5, 0.6) is 5.75 Å². The Labute approximate surface area is 249 Å². The van der Waals surface area contributed by atoms with Crippen LogP contribution in [0.4, 0.5) is 8.78 Å². The number of ether oxygens (including phenoxy) is 1. The van der Waals surface area contributed by atoms with Crippen LogP contribution in [0.3, 0.4) is 0 Å². The zero-order chi connectivity index (χ0) is 31.4. The molecule has 2 unspecified atom stereocenters. The van der Waals surface area contributed by atoms with Crippen molar-refractivity contribution in [3.63, 3.8) is 0 Å². The molecule has 0 bridgehead atoms. The second-order valence-corrected chi connectivity index (χ2v) is 11.1. The zero-order valence-corrected chi connectivity index (χ0v) is 25.7. The molecule has 0 aromatic heterocycles. The minimum atomic E-state index is -1.14. The highest BCUT2D eigenvalue weighted by Crippen LogP contribution is 2.23. The van der Waals surface area contributed by atoms with Gasteiger partial charge in [-0.15, -0.1) is 0 Å². The number of nitrogens with one attached hydrogen (secondary N) is 2. The van der Waals surface area contributed by atoms with Gasteiger partial charge >= 0.3 is 0 Å². The highest BCUT2D eigenvalue weighted by atomic mass is 19.1. The summed E-state index contributed by atoms with van der Waals surface area (Å²) in [4.78, 5) is 27.4. The molecule has 0 spiro atoms. The number of nitrogens with two attached hydrogens (primary N) is 1. The molecule has 2 aromatic carbocycles. The van der Waals surface area contributed by atoms with Crippen molar-refractivity contribution in [2.75, 3.05) is 13.6 Å². The lowest BCUT2D eigenvalue weighted by Crippen LogP contribution is -2.57. The Bertz CT molecular complexity index is 1130. The van der Waals surface area contributed by atoms with Crippen LogP contribution in [0, 0.1) is 17.6 Å². The summed E-state index contributed by atoms with van der Waals surface area (Å²) in [5.41, 5.74) is 7.68. The molecule has 42 heavy (non-hydrogen) atoms. The van der Waals surface area contributed by atoms with Crippen LogP contribution in [0.1, 0.15) is 65.0 Å². The Morgan fingerprint density at radius 1 is 1.02 bits per heavy atom. The van der Waals surface area contributed by atoms with E-state index < -0.39 is 30.3 Å². The topological polar surface area (TPSA) is 117 Å². The maximum atomic E-state index is 13.8. The number of hydrogen-bond donors (Lipinski definition) is 4. The first-order valence-corrected chi connectivity index (χ1v) is 14.8. The second-order valence-electron chi connectivity index (χ2n) is 11.1. The van der Waals surface area contributed by atoms with E-state index >= 15 is 0 Å². The average Bonchev–Trinajstić information content (AvgIpc) is 2.98. The van der Waals surface area contributed by atoms with E-state index in [-0.39, 0.29) is 36.0 Å². The summed E-state index contributed by atoms with van der Waals surface area (Å²) < 4.78 is 33.2. The van der Waals surface area contributed by atoms with Gasteiger partial charge in [0, 0.05) is 13.1 Å². The fourth-order valence-corrected chi connectivity index (χ4v) is 4.33. The van der Waals surface area contributed by atoms with E-state index in [4.69, 9.17) is 10.5 Å². The van der Waals surface area contributed by atoms with Crippen molar-refractivity contribution < 1.29 is 28.2 Å². The van der Waals surface area contributed by atoms with Crippen LogP contribution in [0.15, 0.2) is 42.5 Å². The highest BCUT2D eigenvalue weighted by molar-refractivity contribution is 5.89. The Hall–Kier alpha value is -3.08. The highest BCUT2D eigenvalue weighted by Gasteiger charge is 2.31. The molecule has 0 aliphatic heterocycles. The van der Waals surface area contributed by atoms with Crippen LogP contribution in [0.25, 0.3) is 0 Å². The molecule has 0 heterocycles. The van der Waals surface area contributed by atoms with Crippen molar-refractivity contribution in [3.8, 4) is 5.75 Å². The van der Waals surface area contributed by atoms with Crippen LogP contribution in [-0.4, -0.2) is 65.9 Å². The Balaban J connectivity index is 2.07. The lowest BCUT2D eigenvalue weighted by atomic mass is 9.98. The Kier molecular flexibility index (Phi) is 14.3. The summed E-state index contributed by atoms with van der Waals surface area (Å²) in [6, 6.07) is 7.98. The number of amides is 2. The number of halogens is 2. The molecule has 0 saturated heterocycles. The number of likely N-dealkylation sites (N-methyl/N-ethyl adjacent to an activating group) is 1. The van der Waals surface area contributed by atoms with Gasteiger partial charge in [0.1, 0.15) is 29.7 Å². The summed E-state index contributed by atoms with van der Waals surface area (Å²) in [7, 11) is 1.53. The van der Waals surface area contributed by atoms with Gasteiger partial charge in [-0.3, -0.25) is 14.9 Å². The number of aryl methyl sites for hydroxylation is 1. The third-order valence-electron chi connectivity index (χ3n) is 7.84. The van der Waals surface area contributed by atoms with E-state index in [0.717, 1.165) is 24.0 Å². The average molecular weight is 591 g/mol. The van der Waals surface area contributed by atoms with Gasteiger partial charge in [0.2, 0.25) is 11.8 Å². The third kappa shape index (κ3) is 10.6. The monoisotopic (exact) mass is 590 g/mol. The van der Waals surface area contributed by atoms with E-state index in [1.54, 1.807) is 25.1 Å². The first-order chi connectivity index (χ1) is 19.9. The van der Waals surface area contributed by atoms with Gasteiger partial charge in [0.05, 0.1) is 18.2 Å². The van der Waals surface area contributed by atoms with Crippen LogP contribution in [0.2, 0.25) is 0 Å². The van der Waals surface area contributed by atoms with Crippen LogP contribution in [-0.2, 0) is 22.4 Å². The quantitative estimate of drug-likeness (QED) is 0.164. The fourth-order valence-electron chi connectivity index (χ4n) is 4.33. The maximum Gasteiger partial charge on any atom is 0.242 e. The van der Waals surface area contributed by atoms with E-state index in [2.05, 4.69) is 10.6 Å². The predicted octanol–water partition coefficient (Wildman–Crippen LogP) is 3.93. The Morgan fingerprint density at radius 2 is 1.67 bits per heavy atom. The van der Waals surface area contributed by atoms with Crippen molar-refractivity contribution in [3.05, 3.63) is 65.2 Å². The number of carbonyl (C=O) groups is 2. The van der Waals surface area contributed by atoms with Gasteiger partial charge in [-0.2, -0.15) is 0 Å². The normalized spacial score (nSPS) is 15.7. The number of aliphatic hydroxyl groups is 1. The minimum Gasteiger partial charge on any atom is -0.490 e. The van der Waals surface area contributed by atoms with Crippen molar-refractivity contribution >= 4 is 11.8 Å². The SMILES string of the molecule is CCC(C)[C@H](N)C(=O)N(C)[C@H](C)C(=O)N[C@H](Cc1ccc(F)cc1)C(O)NCCCc1ccc(F)cc1O[C@H](C)CC. The van der Waals surface area contributed by atoms with Crippen molar-refractivity contribution in [1.82, 2.24) is 15.5 Å². The summed E-state index contributed by atoms with van der Waals surface area (Å²) in [6.45, 7) is 9.76. The number of aliphatic hydroxyl groups excluding tert-OH is 1. The van der Waals surface area contributed by atoms with Gasteiger partial charge in [-0.05, 0) is 81.3 Å². The molecule has 0 aliphatic rings. The maximum absolute atomic E-state index is 13.8. The summed E-state index contributed by atoms with van der Waals surface area (Å²) in [6.07, 6.45) is 1.74. The lowest BCUT2D eigenvalue weighted by Gasteiger charge is -2.31. The number of benzene rings is 2. The number of carbonyl (C=O) groups excluding carboxylic acids is 2. The van der Waals surface area contributed by atoms with Gasteiger partial charge in [0.25, 0.3) is 0 Å². The third-order valence-corrected chi connectivity index (χ3v) is 7.84. The van der Waals surface area contributed by atoms with E-state index in [1.807, 2.05) is 27.7 Å². The first-order valence-electron chi connectivity index (χ1n) is 14.8. The smallest absolute Gasteiger partial charge is 0.242 e. The number of nitrogens with zero attached hydrogens (tertiary/aromatic N) is 1. The first kappa shape index (κ1) is 35.1. The molecular formula is C32H48F2N4O4. The molecule has 2 rings (SSSR count). The van der Waals surface area contributed by atoms with Crippen molar-refractivity contribution in [2.45, 2.75) is 97.2 Å². The molecular weight excluding hydrogens is 542 g/mol. The van der Waals surface area contributed by atoms with E-state index in [0.29, 0.717) is 25.1 Å². The van der Waals surface area contributed by atoms with E-state index in [9.17, 15) is 23.5 Å². The molecule has 6 atom stereocenters. The van der Waals surface area contributed by atoms with Crippen molar-refractivity contribution in [2.24, 2.45) is 11.7 Å². The van der Waals surface area contributed by atoms with Gasteiger partial charge < -0.3 is 25.8 Å². The standard InChI is InChI=1S/C32H48F2N4O4/c1-7-20(3)29(35)32(41)38(6)22(5)30(39)37-27(18-23-11-14-25(33)15-12-23)31(40)36-17-9-10-24-13-16-26(34)19-28(24)42-21(4)8-2/h11-16,19-22,27,29,31,36,40H,7-10,17-18,35H2,1-6H3,(H,37,39)/t20?,21-,22-,27-,29+,31?/m1/s1. The number of rotatable bonds is 17. The fraction of sp³-hybridized carbons (Fsp3) is 0.562. The molecule has 0 fully saturated rings. The summed E-state index contributed by atoms with van der Waals surface area (Å²) in [5.74, 6) is -1.08. The largest absolute Gasteiger partial charge is 0.490 e. The van der Waals surface area contributed by atoms with Crippen molar-refractivity contribution in [1.29, 1.82) is 0 Å². The minimum absolute atomic E-state index is 0.0416. The molecule has 234 valence electrons. The van der Waals surface area contributed by atoms with Gasteiger partial charge in [-0.25, -0.2) is 8.78 Å². The lowest BCUT2D eigenvalue weighted by molar-refractivity contribution is -0.140. The predicted molar refractivity (Wildman–Crippen MR) is 161 cm³/mol. The molecule has 2 aromatic rings. The van der Waals surface area contributed by atoms with E-state index in [1.165, 1.54) is 36.2 Å². The second kappa shape index (κ2) is 17.1. The molecule has 5 N–H and O–H groups in total.